The molecule has 0 aromatic rings. The minimum absolute atomic E-state index is 0.00617. The molecule has 1 fully saturated rings. The van der Waals surface area contributed by atoms with Crippen LogP contribution in [0.5, 0.6) is 0 Å². The first-order valence-electron chi connectivity index (χ1n) is 5.52. The number of hydrogen-bond acceptors (Lipinski definition) is 3. The van der Waals surface area contributed by atoms with Crippen LogP contribution in [0.3, 0.4) is 0 Å². The standard InChI is InChI=1S/C10H21O3P/c11-6-8-14(13,9-7-12)10-4-2-1-3-5-10/h10-12H,1-9H2. The fourth-order valence-corrected chi connectivity index (χ4v) is 5.30. The number of hydrogen-bond donors (Lipinski definition) is 2. The summed E-state index contributed by atoms with van der Waals surface area (Å²) >= 11 is 0. The van der Waals surface area contributed by atoms with Gasteiger partial charge in [-0.05, 0) is 12.8 Å². The predicted octanol–water partition coefficient (Wildman–Crippen LogP) is 1.67. The normalized spacial score (nSPS) is 19.9. The second-order valence-electron chi connectivity index (χ2n) is 4.14. The molecule has 0 aromatic carbocycles. The van der Waals surface area contributed by atoms with Gasteiger partial charge < -0.3 is 14.8 Å². The zero-order chi connectivity index (χ0) is 10.4. The van der Waals surface area contributed by atoms with Gasteiger partial charge in [-0.15, -0.1) is 0 Å². The molecule has 0 bridgehead atoms. The van der Waals surface area contributed by atoms with E-state index in [1.165, 1.54) is 6.42 Å². The lowest BCUT2D eigenvalue weighted by Gasteiger charge is -2.30. The van der Waals surface area contributed by atoms with Gasteiger partial charge in [0.15, 0.2) is 0 Å². The molecule has 14 heavy (non-hydrogen) atoms. The molecule has 0 heterocycles. The van der Waals surface area contributed by atoms with Crippen molar-refractivity contribution < 1.29 is 14.8 Å². The summed E-state index contributed by atoms with van der Waals surface area (Å²) in [6.07, 6.45) is 6.41. The van der Waals surface area contributed by atoms with Crippen molar-refractivity contribution >= 4 is 7.14 Å². The van der Waals surface area contributed by atoms with Gasteiger partial charge in [0, 0.05) is 31.2 Å². The molecule has 2 N–H and O–H groups in total. The number of aliphatic hydroxyl groups is 2. The quantitative estimate of drug-likeness (QED) is 0.693. The summed E-state index contributed by atoms with van der Waals surface area (Å²) in [5, 5.41) is 17.8. The Hall–Kier alpha value is 0.150. The maximum Gasteiger partial charge on any atom is 0.0951 e. The fourth-order valence-electron chi connectivity index (χ4n) is 2.37. The van der Waals surface area contributed by atoms with Gasteiger partial charge in [-0.1, -0.05) is 19.3 Å². The highest BCUT2D eigenvalue weighted by Gasteiger charge is 2.32. The van der Waals surface area contributed by atoms with Crippen molar-refractivity contribution in [3.8, 4) is 0 Å². The van der Waals surface area contributed by atoms with Crippen molar-refractivity contribution in [2.75, 3.05) is 25.5 Å². The Balaban J connectivity index is 2.59. The Morgan fingerprint density at radius 1 is 1.00 bits per heavy atom. The third kappa shape index (κ3) is 3.08. The topological polar surface area (TPSA) is 57.5 Å². The van der Waals surface area contributed by atoms with Crippen molar-refractivity contribution in [3.05, 3.63) is 0 Å². The average Bonchev–Trinajstić information content (AvgIpc) is 2.20. The lowest BCUT2D eigenvalue weighted by atomic mass is 10.0. The largest absolute Gasteiger partial charge is 0.396 e. The summed E-state index contributed by atoms with van der Waals surface area (Å²) in [5.74, 6) is 0. The van der Waals surface area contributed by atoms with Crippen molar-refractivity contribution in [1.82, 2.24) is 0 Å². The molecule has 0 spiro atoms. The Morgan fingerprint density at radius 3 is 1.93 bits per heavy atom. The van der Waals surface area contributed by atoms with E-state index >= 15 is 0 Å². The van der Waals surface area contributed by atoms with Crippen LogP contribution in [0.15, 0.2) is 0 Å². The highest BCUT2D eigenvalue weighted by Crippen LogP contribution is 2.54. The van der Waals surface area contributed by atoms with Crippen LogP contribution in [-0.4, -0.2) is 41.4 Å². The molecule has 0 unspecified atom stereocenters. The molecule has 0 saturated heterocycles. The van der Waals surface area contributed by atoms with Crippen LogP contribution < -0.4 is 0 Å². The Morgan fingerprint density at radius 2 is 1.50 bits per heavy atom. The molecule has 3 nitrogen and oxygen atoms in total. The smallest absolute Gasteiger partial charge is 0.0951 e. The summed E-state index contributed by atoms with van der Waals surface area (Å²) in [4.78, 5) is 0. The molecular formula is C10H21O3P. The minimum Gasteiger partial charge on any atom is -0.396 e. The van der Waals surface area contributed by atoms with Crippen LogP contribution >= 0.6 is 7.14 Å². The Kier molecular flexibility index (Phi) is 5.14. The van der Waals surface area contributed by atoms with E-state index in [9.17, 15) is 4.57 Å². The average molecular weight is 220 g/mol. The van der Waals surface area contributed by atoms with Gasteiger partial charge in [-0.25, -0.2) is 0 Å². The highest BCUT2D eigenvalue weighted by molar-refractivity contribution is 7.64. The second kappa shape index (κ2) is 5.89. The van der Waals surface area contributed by atoms with E-state index in [2.05, 4.69) is 0 Å². The summed E-state index contributed by atoms with van der Waals surface area (Å²) in [7, 11) is -2.29. The Labute approximate surface area is 85.9 Å². The van der Waals surface area contributed by atoms with Gasteiger partial charge in [0.05, 0.1) is 7.14 Å². The van der Waals surface area contributed by atoms with Crippen molar-refractivity contribution in [1.29, 1.82) is 0 Å². The van der Waals surface area contributed by atoms with Gasteiger partial charge in [0.1, 0.15) is 0 Å². The molecule has 0 amide bonds. The van der Waals surface area contributed by atoms with Crippen LogP contribution in [0.1, 0.15) is 32.1 Å². The summed E-state index contributed by atoms with van der Waals surface area (Å²) in [5.41, 5.74) is 0.274. The van der Waals surface area contributed by atoms with Crippen LogP contribution in [0.2, 0.25) is 0 Å². The molecule has 0 atom stereocenters. The monoisotopic (exact) mass is 220 g/mol. The van der Waals surface area contributed by atoms with Crippen molar-refractivity contribution in [2.45, 2.75) is 37.8 Å². The molecule has 1 rings (SSSR count). The lowest BCUT2D eigenvalue weighted by molar-refractivity contribution is 0.309. The first-order chi connectivity index (χ1) is 6.73. The van der Waals surface area contributed by atoms with E-state index in [4.69, 9.17) is 10.2 Å². The summed E-state index contributed by atoms with van der Waals surface area (Å²) in [6, 6.07) is 0. The van der Waals surface area contributed by atoms with Crippen LogP contribution in [0, 0.1) is 0 Å². The third-order valence-corrected chi connectivity index (χ3v) is 6.96. The summed E-state index contributed by atoms with van der Waals surface area (Å²) < 4.78 is 12.4. The second-order valence-corrected chi connectivity index (χ2v) is 7.67. The first kappa shape index (κ1) is 12.2. The van der Waals surface area contributed by atoms with Crippen molar-refractivity contribution in [2.24, 2.45) is 0 Å². The van der Waals surface area contributed by atoms with Crippen LogP contribution in [-0.2, 0) is 4.57 Å². The van der Waals surface area contributed by atoms with Gasteiger partial charge >= 0.3 is 0 Å². The van der Waals surface area contributed by atoms with Gasteiger partial charge in [0.25, 0.3) is 0 Å². The van der Waals surface area contributed by atoms with E-state index in [0.29, 0.717) is 12.3 Å². The maximum absolute atomic E-state index is 12.4. The van der Waals surface area contributed by atoms with E-state index < -0.39 is 7.14 Å². The highest BCUT2D eigenvalue weighted by atomic mass is 31.2. The zero-order valence-corrected chi connectivity index (χ0v) is 9.59. The van der Waals surface area contributed by atoms with Crippen LogP contribution in [0.25, 0.3) is 0 Å². The van der Waals surface area contributed by atoms with E-state index in [1.54, 1.807) is 0 Å². The van der Waals surface area contributed by atoms with Crippen LogP contribution in [0.4, 0.5) is 0 Å². The molecule has 84 valence electrons. The zero-order valence-electron chi connectivity index (χ0n) is 8.69. The molecular weight excluding hydrogens is 199 g/mol. The number of aliphatic hydroxyl groups excluding tert-OH is 2. The van der Waals surface area contributed by atoms with Gasteiger partial charge in [-0.2, -0.15) is 0 Å². The van der Waals surface area contributed by atoms with Crippen molar-refractivity contribution in [3.63, 3.8) is 0 Å². The SMILES string of the molecule is O=P(CCO)(CCO)C1CCCCC1. The van der Waals surface area contributed by atoms with E-state index in [0.717, 1.165) is 25.7 Å². The molecule has 0 radical (unpaired) electrons. The maximum atomic E-state index is 12.4. The first-order valence-corrected chi connectivity index (χ1v) is 7.67. The minimum atomic E-state index is -2.29. The van der Waals surface area contributed by atoms with Gasteiger partial charge in [0.2, 0.25) is 0 Å². The summed E-state index contributed by atoms with van der Waals surface area (Å²) in [6.45, 7) is -0.0123. The molecule has 0 aromatic heterocycles. The fraction of sp³-hybridized carbons (Fsp3) is 1.00. The predicted molar refractivity (Wildman–Crippen MR) is 58.4 cm³/mol. The third-order valence-electron chi connectivity index (χ3n) is 3.20. The Bertz CT molecular complexity index is 190. The molecule has 1 saturated carbocycles. The van der Waals surface area contributed by atoms with E-state index in [1.807, 2.05) is 0 Å². The molecule has 1 aliphatic rings. The van der Waals surface area contributed by atoms with Gasteiger partial charge in [-0.3, -0.25) is 0 Å². The molecule has 4 heteroatoms. The van der Waals surface area contributed by atoms with E-state index in [-0.39, 0.29) is 18.9 Å². The molecule has 0 aliphatic heterocycles. The molecule has 1 aliphatic carbocycles. The lowest BCUT2D eigenvalue weighted by Crippen LogP contribution is -2.19. The number of rotatable bonds is 5.